The minimum Gasteiger partial charge on any atom is -0.299 e. The molecule has 1 aliphatic rings. The van der Waals surface area contributed by atoms with Crippen LogP contribution in [0.15, 0.2) is 175 Å². The molecule has 0 spiro atoms. The molecule has 45 heavy (non-hydrogen) atoms. The number of benzene rings is 5. The number of aromatic nitrogens is 1. The Labute approximate surface area is 263 Å². The summed E-state index contributed by atoms with van der Waals surface area (Å²) >= 11 is 0. The van der Waals surface area contributed by atoms with Crippen molar-refractivity contribution in [1.29, 1.82) is 5.41 Å². The molecule has 0 bridgehead atoms. The molecule has 0 radical (unpaired) electrons. The van der Waals surface area contributed by atoms with Crippen LogP contribution in [0.2, 0.25) is 0 Å². The van der Waals surface area contributed by atoms with Crippen LogP contribution in [0.3, 0.4) is 0 Å². The number of hydrazone groups is 1. The van der Waals surface area contributed by atoms with E-state index in [2.05, 4.69) is 101 Å². The molecule has 0 aliphatic heterocycles. The van der Waals surface area contributed by atoms with Gasteiger partial charge in [0.25, 0.3) is 0 Å². The molecule has 7 rings (SSSR count). The van der Waals surface area contributed by atoms with Crippen LogP contribution in [0, 0.1) is 5.41 Å². The smallest absolute Gasteiger partial charge is 0.116 e. The van der Waals surface area contributed by atoms with E-state index < -0.39 is 0 Å². The van der Waals surface area contributed by atoms with Gasteiger partial charge in [-0.3, -0.25) is 15.8 Å². The topological polar surface area (TPSA) is 61.1 Å². The predicted molar refractivity (Wildman–Crippen MR) is 188 cm³/mol. The van der Waals surface area contributed by atoms with Crippen LogP contribution >= 0.6 is 0 Å². The maximum Gasteiger partial charge on any atom is 0.116 e. The Balaban J connectivity index is 1.21. The molecule has 4 nitrogen and oxygen atoms in total. The van der Waals surface area contributed by atoms with Crippen LogP contribution in [0.5, 0.6) is 0 Å². The molecule has 2 N–H and O–H groups in total. The second-order valence-electron chi connectivity index (χ2n) is 10.8. The molecule has 6 aromatic rings. The van der Waals surface area contributed by atoms with Crippen molar-refractivity contribution in [1.82, 2.24) is 4.98 Å². The molecule has 1 aliphatic carbocycles. The highest BCUT2D eigenvalue weighted by Gasteiger charge is 2.21. The molecule has 0 unspecified atom stereocenters. The second-order valence-corrected chi connectivity index (χ2v) is 10.8. The molecular weight excluding hydrogens is 548 g/mol. The molecule has 0 fully saturated rings. The van der Waals surface area contributed by atoms with E-state index in [1.807, 2.05) is 72.9 Å². The lowest BCUT2D eigenvalue weighted by Gasteiger charge is -2.19. The van der Waals surface area contributed by atoms with Crippen LogP contribution in [-0.2, 0) is 0 Å². The van der Waals surface area contributed by atoms with Crippen molar-refractivity contribution in [2.24, 2.45) is 5.10 Å². The van der Waals surface area contributed by atoms with Gasteiger partial charge >= 0.3 is 0 Å². The van der Waals surface area contributed by atoms with Gasteiger partial charge in [-0.05, 0) is 80.4 Å². The first-order chi connectivity index (χ1) is 22.2. The Kier molecular flexibility index (Phi) is 7.76. The fourth-order valence-corrected chi connectivity index (χ4v) is 5.49. The monoisotopic (exact) mass is 578 g/mol. The third kappa shape index (κ3) is 6.17. The number of pyridine rings is 1. The third-order valence-corrected chi connectivity index (χ3v) is 7.91. The predicted octanol–water partition coefficient (Wildman–Crippen LogP) is 10.1. The Morgan fingerprint density at radius 3 is 1.53 bits per heavy atom. The van der Waals surface area contributed by atoms with Crippen LogP contribution in [0.1, 0.15) is 11.1 Å². The van der Waals surface area contributed by atoms with Gasteiger partial charge in [0.05, 0.1) is 11.4 Å². The molecule has 5 aromatic carbocycles. The summed E-state index contributed by atoms with van der Waals surface area (Å²) in [6, 6.07) is 49.8. The van der Waals surface area contributed by atoms with Crippen molar-refractivity contribution in [3.63, 3.8) is 0 Å². The number of anilines is 1. The first-order valence-electron chi connectivity index (χ1n) is 14.9. The van der Waals surface area contributed by atoms with E-state index in [1.54, 1.807) is 6.20 Å². The van der Waals surface area contributed by atoms with Crippen molar-refractivity contribution in [3.05, 3.63) is 181 Å². The summed E-state index contributed by atoms with van der Waals surface area (Å²) < 4.78 is 0. The van der Waals surface area contributed by atoms with Crippen LogP contribution in [0.25, 0.3) is 44.5 Å². The number of nitrogens with zero attached hydrogens (tertiary/aromatic N) is 2. The second kappa shape index (κ2) is 12.6. The lowest BCUT2D eigenvalue weighted by molar-refractivity contribution is 1.32. The molecule has 0 saturated carbocycles. The lowest BCUT2D eigenvalue weighted by Crippen LogP contribution is -2.19. The molecular formula is C41H30N4. The zero-order valence-corrected chi connectivity index (χ0v) is 24.6. The fraction of sp³-hybridized carbons (Fsp3) is 0. The standard InChI is InChI=1S/C41H30N4/c42-40-27-37(34-15-13-31(14-16-34)29-8-3-1-4-9-29)26-39(35-19-17-32(18-20-35)30-10-5-2-6-11-30)41(40)45-44-38-23-21-33(22-24-38)36-12-7-25-43-28-36/h1-28,42,44H/b42-40?,45-41-. The maximum absolute atomic E-state index is 9.08. The van der Waals surface area contributed by atoms with E-state index in [1.165, 1.54) is 11.1 Å². The normalized spacial score (nSPS) is 13.7. The van der Waals surface area contributed by atoms with Gasteiger partial charge in [-0.1, -0.05) is 127 Å². The Morgan fingerprint density at radius 1 is 0.467 bits per heavy atom. The van der Waals surface area contributed by atoms with E-state index in [9.17, 15) is 0 Å². The zero-order chi connectivity index (χ0) is 30.4. The van der Waals surface area contributed by atoms with Crippen molar-refractivity contribution in [3.8, 4) is 33.4 Å². The molecule has 1 aromatic heterocycles. The van der Waals surface area contributed by atoms with Gasteiger partial charge in [-0.25, -0.2) is 0 Å². The number of hydrogen-bond donors (Lipinski definition) is 2. The average molecular weight is 579 g/mol. The van der Waals surface area contributed by atoms with E-state index >= 15 is 0 Å². The SMILES string of the molecule is N=C1C=C(c2ccc(-c3ccccc3)cc2)C=C(c2ccc(-c3ccccc3)cc2)/C1=N/Nc1ccc(-c2cccnc2)cc1. The lowest BCUT2D eigenvalue weighted by atomic mass is 9.87. The highest BCUT2D eigenvalue weighted by atomic mass is 15.3. The molecule has 4 heteroatoms. The summed E-state index contributed by atoms with van der Waals surface area (Å²) in [4.78, 5) is 4.22. The number of nitrogens with one attached hydrogen (secondary N) is 2. The van der Waals surface area contributed by atoms with Crippen molar-refractivity contribution in [2.75, 3.05) is 5.43 Å². The summed E-state index contributed by atoms with van der Waals surface area (Å²) in [5.74, 6) is 0. The van der Waals surface area contributed by atoms with E-state index in [4.69, 9.17) is 10.5 Å². The minimum atomic E-state index is 0.348. The Bertz CT molecular complexity index is 2020. The summed E-state index contributed by atoms with van der Waals surface area (Å²) in [5, 5.41) is 13.9. The first kappa shape index (κ1) is 27.7. The fourth-order valence-electron chi connectivity index (χ4n) is 5.49. The third-order valence-electron chi connectivity index (χ3n) is 7.91. The summed E-state index contributed by atoms with van der Waals surface area (Å²) in [6.07, 6.45) is 7.66. The molecule has 0 amide bonds. The maximum atomic E-state index is 9.08. The van der Waals surface area contributed by atoms with Crippen molar-refractivity contribution in [2.45, 2.75) is 0 Å². The highest BCUT2D eigenvalue weighted by molar-refractivity contribution is 6.62. The Hall–Kier alpha value is -6.13. The van der Waals surface area contributed by atoms with Crippen LogP contribution in [0.4, 0.5) is 5.69 Å². The van der Waals surface area contributed by atoms with Gasteiger partial charge in [0.2, 0.25) is 0 Å². The number of allylic oxidation sites excluding steroid dienone is 4. The average Bonchev–Trinajstić information content (AvgIpc) is 3.12. The molecule has 0 saturated heterocycles. The van der Waals surface area contributed by atoms with Gasteiger partial charge < -0.3 is 0 Å². The summed E-state index contributed by atoms with van der Waals surface area (Å²) in [7, 11) is 0. The minimum absolute atomic E-state index is 0.348. The van der Waals surface area contributed by atoms with Gasteiger partial charge in [0, 0.05) is 18.0 Å². The first-order valence-corrected chi connectivity index (χ1v) is 14.9. The van der Waals surface area contributed by atoms with Crippen molar-refractivity contribution >= 4 is 28.3 Å². The van der Waals surface area contributed by atoms with E-state index in [0.29, 0.717) is 11.4 Å². The van der Waals surface area contributed by atoms with Crippen LogP contribution < -0.4 is 5.43 Å². The summed E-state index contributed by atoms with van der Waals surface area (Å²) in [6.45, 7) is 0. The van der Waals surface area contributed by atoms with Gasteiger partial charge in [-0.2, -0.15) is 5.10 Å². The molecule has 0 atom stereocenters. The Morgan fingerprint density at radius 2 is 0.956 bits per heavy atom. The van der Waals surface area contributed by atoms with Gasteiger partial charge in [-0.15, -0.1) is 0 Å². The number of rotatable bonds is 7. The summed E-state index contributed by atoms with van der Waals surface area (Å²) in [5.41, 5.74) is 15.7. The molecule has 1 heterocycles. The zero-order valence-electron chi connectivity index (χ0n) is 24.6. The largest absolute Gasteiger partial charge is 0.299 e. The number of hydrogen-bond acceptors (Lipinski definition) is 4. The van der Waals surface area contributed by atoms with Gasteiger partial charge in [0.15, 0.2) is 0 Å². The highest BCUT2D eigenvalue weighted by Crippen LogP contribution is 2.32. The quantitative estimate of drug-likeness (QED) is 0.146. The van der Waals surface area contributed by atoms with E-state index in [0.717, 1.165) is 50.2 Å². The van der Waals surface area contributed by atoms with E-state index in [-0.39, 0.29) is 0 Å². The van der Waals surface area contributed by atoms with Crippen molar-refractivity contribution < 1.29 is 0 Å². The van der Waals surface area contributed by atoms with Crippen LogP contribution in [-0.4, -0.2) is 16.4 Å². The van der Waals surface area contributed by atoms with Gasteiger partial charge in [0.1, 0.15) is 5.71 Å². The molecule has 214 valence electrons.